The van der Waals surface area contributed by atoms with Crippen LogP contribution in [0.1, 0.15) is 46.9 Å². The lowest BCUT2D eigenvalue weighted by atomic mass is 9.96. The van der Waals surface area contributed by atoms with Crippen LogP contribution in [0.15, 0.2) is 24.4 Å². The maximum absolute atomic E-state index is 13.8. The average Bonchev–Trinajstić information content (AvgIpc) is 3.07. The Balaban J connectivity index is 1.84. The molecule has 2 N–H and O–H groups in total. The second kappa shape index (κ2) is 7.00. The van der Waals surface area contributed by atoms with E-state index in [0.29, 0.717) is 18.7 Å². The molecule has 2 aromatic rings. The number of halogens is 2. The summed E-state index contributed by atoms with van der Waals surface area (Å²) >= 11 is 0. The third-order valence-corrected chi connectivity index (χ3v) is 4.41. The Bertz CT molecular complexity index is 806. The van der Waals surface area contributed by atoms with Gasteiger partial charge >= 0.3 is 5.97 Å². The number of carbonyl (C=O) groups is 2. The number of carboxylic acid groups (broad SMARTS) is 1. The van der Waals surface area contributed by atoms with Gasteiger partial charge in [0.1, 0.15) is 17.2 Å². The molecule has 0 spiro atoms. The summed E-state index contributed by atoms with van der Waals surface area (Å²) < 4.78 is 26.8. The molecule has 6 nitrogen and oxygen atoms in total. The van der Waals surface area contributed by atoms with Gasteiger partial charge in [0, 0.05) is 12.6 Å². The number of H-pyrrole nitrogens is 1. The van der Waals surface area contributed by atoms with Crippen molar-refractivity contribution in [3.63, 3.8) is 0 Å². The number of aromatic amines is 1. The molecule has 25 heavy (non-hydrogen) atoms. The van der Waals surface area contributed by atoms with Crippen LogP contribution >= 0.6 is 0 Å². The zero-order valence-electron chi connectivity index (χ0n) is 13.3. The topological polar surface area (TPSA) is 86.3 Å². The van der Waals surface area contributed by atoms with Gasteiger partial charge in [0.05, 0.1) is 24.4 Å². The Hall–Kier alpha value is -2.77. The number of aromatic carboxylic acids is 1. The summed E-state index contributed by atoms with van der Waals surface area (Å²) in [6.07, 6.45) is 3.23. The first kappa shape index (κ1) is 17.1. The molecule has 1 amide bonds. The lowest BCUT2D eigenvalue weighted by molar-refractivity contribution is -0.134. The van der Waals surface area contributed by atoms with Crippen LogP contribution in [-0.2, 0) is 11.2 Å². The summed E-state index contributed by atoms with van der Waals surface area (Å²) in [6, 6.07) is 2.66. The smallest absolute Gasteiger partial charge is 0.339 e. The van der Waals surface area contributed by atoms with Crippen molar-refractivity contribution in [2.75, 3.05) is 6.54 Å². The Morgan fingerprint density at radius 2 is 2.12 bits per heavy atom. The van der Waals surface area contributed by atoms with Gasteiger partial charge in [-0.3, -0.25) is 9.89 Å². The van der Waals surface area contributed by atoms with Gasteiger partial charge in [0.2, 0.25) is 5.91 Å². The highest BCUT2D eigenvalue weighted by molar-refractivity contribution is 5.89. The Kier molecular flexibility index (Phi) is 4.78. The minimum absolute atomic E-state index is 0.0256. The van der Waals surface area contributed by atoms with Crippen LogP contribution in [0.4, 0.5) is 8.78 Å². The van der Waals surface area contributed by atoms with Crippen molar-refractivity contribution in [3.8, 4) is 0 Å². The van der Waals surface area contributed by atoms with Gasteiger partial charge in [0.15, 0.2) is 0 Å². The van der Waals surface area contributed by atoms with Crippen LogP contribution < -0.4 is 0 Å². The molecular weight excluding hydrogens is 332 g/mol. The van der Waals surface area contributed by atoms with Crippen LogP contribution in [0.25, 0.3) is 0 Å². The van der Waals surface area contributed by atoms with Gasteiger partial charge in [-0.25, -0.2) is 13.6 Å². The van der Waals surface area contributed by atoms with Crippen molar-refractivity contribution in [1.82, 2.24) is 15.1 Å². The number of nitrogens with zero attached hydrogens (tertiary/aromatic N) is 2. The minimum atomic E-state index is -1.12. The Morgan fingerprint density at radius 1 is 1.32 bits per heavy atom. The van der Waals surface area contributed by atoms with Crippen molar-refractivity contribution >= 4 is 11.9 Å². The summed E-state index contributed by atoms with van der Waals surface area (Å²) in [5.41, 5.74) is 0.511. The normalized spacial score (nSPS) is 17.5. The molecule has 0 radical (unpaired) electrons. The predicted octanol–water partition coefficient (Wildman–Crippen LogP) is 2.68. The van der Waals surface area contributed by atoms with E-state index in [-0.39, 0.29) is 23.5 Å². The number of benzene rings is 1. The highest BCUT2D eigenvalue weighted by Crippen LogP contribution is 2.32. The molecule has 2 heterocycles. The molecule has 1 aromatic heterocycles. The van der Waals surface area contributed by atoms with Gasteiger partial charge in [0.25, 0.3) is 0 Å². The van der Waals surface area contributed by atoms with E-state index in [4.69, 9.17) is 0 Å². The van der Waals surface area contributed by atoms with Crippen molar-refractivity contribution < 1.29 is 23.5 Å². The number of hydrogen-bond donors (Lipinski definition) is 2. The predicted molar refractivity (Wildman–Crippen MR) is 83.9 cm³/mol. The van der Waals surface area contributed by atoms with Gasteiger partial charge in [-0.05, 0) is 30.9 Å². The van der Waals surface area contributed by atoms with Gasteiger partial charge in [-0.15, -0.1) is 0 Å². The third-order valence-electron chi connectivity index (χ3n) is 4.41. The van der Waals surface area contributed by atoms with Crippen LogP contribution in [0.3, 0.4) is 0 Å². The number of hydrogen-bond acceptors (Lipinski definition) is 3. The zero-order valence-corrected chi connectivity index (χ0v) is 13.3. The number of carboxylic acids is 1. The lowest BCUT2D eigenvalue weighted by Crippen LogP contribution is -2.40. The molecule has 132 valence electrons. The first-order valence-corrected chi connectivity index (χ1v) is 7.97. The molecule has 1 atom stereocenters. The molecule has 0 saturated carbocycles. The summed E-state index contributed by atoms with van der Waals surface area (Å²) in [7, 11) is 0. The SMILES string of the molecule is O=C(O)c1cn[nH]c1C1CCCCN1C(=O)Cc1ccc(F)cc1F. The maximum Gasteiger partial charge on any atom is 0.339 e. The molecule has 1 aliphatic rings. The van der Waals surface area contributed by atoms with Crippen molar-refractivity contribution in [2.24, 2.45) is 0 Å². The standard InChI is InChI=1S/C17H17F2N3O3/c18-11-5-4-10(13(19)8-11)7-15(23)22-6-2-1-3-14(22)16-12(17(24)25)9-20-21-16/h4-5,8-9,14H,1-3,6-7H2,(H,20,21)(H,24,25). The van der Waals surface area contributed by atoms with Crippen LogP contribution in [-0.4, -0.2) is 38.6 Å². The van der Waals surface area contributed by atoms with Gasteiger partial charge in [-0.2, -0.15) is 5.10 Å². The number of amides is 1. The monoisotopic (exact) mass is 349 g/mol. The lowest BCUT2D eigenvalue weighted by Gasteiger charge is -2.35. The quantitative estimate of drug-likeness (QED) is 0.889. The first-order chi connectivity index (χ1) is 12.0. The molecule has 1 unspecified atom stereocenters. The highest BCUT2D eigenvalue weighted by Gasteiger charge is 2.32. The van der Waals surface area contributed by atoms with E-state index >= 15 is 0 Å². The summed E-state index contributed by atoms with van der Waals surface area (Å²) in [5.74, 6) is -2.92. The van der Waals surface area contributed by atoms with E-state index in [1.807, 2.05) is 0 Å². The van der Waals surface area contributed by atoms with Crippen LogP contribution in [0.2, 0.25) is 0 Å². The molecule has 1 saturated heterocycles. The molecular formula is C17H17F2N3O3. The fraction of sp³-hybridized carbons (Fsp3) is 0.353. The number of piperidine rings is 1. The summed E-state index contributed by atoms with van der Waals surface area (Å²) in [5, 5.41) is 15.7. The van der Waals surface area contributed by atoms with Crippen molar-refractivity contribution in [2.45, 2.75) is 31.7 Å². The number of rotatable bonds is 4. The fourth-order valence-electron chi connectivity index (χ4n) is 3.18. The van der Waals surface area contributed by atoms with Crippen LogP contribution in [0, 0.1) is 11.6 Å². The summed E-state index contributed by atoms with van der Waals surface area (Å²) in [4.78, 5) is 25.5. The largest absolute Gasteiger partial charge is 0.478 e. The van der Waals surface area contributed by atoms with E-state index in [1.165, 1.54) is 12.3 Å². The number of carbonyl (C=O) groups excluding carboxylic acids is 1. The molecule has 1 aromatic carbocycles. The molecule has 3 rings (SSSR count). The number of aromatic nitrogens is 2. The fourth-order valence-corrected chi connectivity index (χ4v) is 3.18. The zero-order chi connectivity index (χ0) is 18.0. The average molecular weight is 349 g/mol. The highest BCUT2D eigenvalue weighted by atomic mass is 19.1. The first-order valence-electron chi connectivity index (χ1n) is 7.97. The van der Waals surface area contributed by atoms with Crippen molar-refractivity contribution in [1.29, 1.82) is 0 Å². The molecule has 1 fully saturated rings. The maximum atomic E-state index is 13.8. The second-order valence-electron chi connectivity index (χ2n) is 6.01. The number of likely N-dealkylation sites (tertiary alicyclic amines) is 1. The Labute approximate surface area is 142 Å². The number of nitrogens with one attached hydrogen (secondary N) is 1. The third kappa shape index (κ3) is 3.52. The molecule has 8 heteroatoms. The van der Waals surface area contributed by atoms with E-state index < -0.39 is 23.6 Å². The van der Waals surface area contributed by atoms with E-state index in [1.54, 1.807) is 4.90 Å². The second-order valence-corrected chi connectivity index (χ2v) is 6.01. The minimum Gasteiger partial charge on any atom is -0.478 e. The van der Waals surface area contributed by atoms with Gasteiger partial charge in [-0.1, -0.05) is 6.07 Å². The van der Waals surface area contributed by atoms with E-state index in [0.717, 1.165) is 25.0 Å². The van der Waals surface area contributed by atoms with Crippen molar-refractivity contribution in [3.05, 3.63) is 52.9 Å². The molecule has 1 aliphatic heterocycles. The van der Waals surface area contributed by atoms with E-state index in [2.05, 4.69) is 10.2 Å². The summed E-state index contributed by atoms with van der Waals surface area (Å²) in [6.45, 7) is 0.449. The van der Waals surface area contributed by atoms with Crippen LogP contribution in [0.5, 0.6) is 0 Å². The molecule has 0 aliphatic carbocycles. The van der Waals surface area contributed by atoms with Gasteiger partial charge < -0.3 is 10.0 Å². The van der Waals surface area contributed by atoms with E-state index in [9.17, 15) is 23.5 Å². The molecule has 0 bridgehead atoms. The Morgan fingerprint density at radius 3 is 2.84 bits per heavy atom.